The van der Waals surface area contributed by atoms with Gasteiger partial charge in [0.1, 0.15) is 0 Å². The number of aryl methyl sites for hydroxylation is 1. The van der Waals surface area contributed by atoms with Crippen molar-refractivity contribution in [2.45, 2.75) is 32.4 Å². The van der Waals surface area contributed by atoms with Crippen LogP contribution in [0.1, 0.15) is 24.0 Å². The number of piperidine rings is 1. The number of ether oxygens (including phenoxy) is 1. The molecule has 132 valence electrons. The smallest absolute Gasteiger partial charge is 0.320 e. The molecule has 1 unspecified atom stereocenters. The summed E-state index contributed by atoms with van der Waals surface area (Å²) in [7, 11) is 1.96. The molecule has 0 aliphatic carbocycles. The quantitative estimate of drug-likeness (QED) is 0.853. The molecule has 2 amide bonds. The largest absolute Gasteiger partial charge is 0.378 e. The van der Waals surface area contributed by atoms with Crippen molar-refractivity contribution in [3.8, 4) is 0 Å². The van der Waals surface area contributed by atoms with Crippen LogP contribution in [0, 0.1) is 6.92 Å². The molecule has 24 heavy (non-hydrogen) atoms. The summed E-state index contributed by atoms with van der Waals surface area (Å²) in [4.78, 5) is 19.0. The summed E-state index contributed by atoms with van der Waals surface area (Å²) in [6, 6.07) is 9.17. The third-order valence-electron chi connectivity index (χ3n) is 5.10. The molecule has 5 nitrogen and oxygen atoms in total. The molecule has 1 aromatic carbocycles. The van der Waals surface area contributed by atoms with Crippen molar-refractivity contribution >= 4 is 6.03 Å². The Bertz CT molecular complexity index is 557. The van der Waals surface area contributed by atoms with Crippen molar-refractivity contribution in [2.75, 3.05) is 46.4 Å². The lowest BCUT2D eigenvalue weighted by molar-refractivity contribution is 0.0365. The Morgan fingerprint density at radius 3 is 2.83 bits per heavy atom. The third kappa shape index (κ3) is 4.28. The average Bonchev–Trinajstić information content (AvgIpc) is 2.61. The number of amides is 2. The molecule has 1 atom stereocenters. The van der Waals surface area contributed by atoms with Crippen LogP contribution in [-0.4, -0.2) is 73.2 Å². The molecule has 0 radical (unpaired) electrons. The van der Waals surface area contributed by atoms with E-state index in [9.17, 15) is 4.79 Å². The number of likely N-dealkylation sites (N-methyl/N-ethyl adjacent to an activating group) is 1. The number of nitrogens with zero attached hydrogens (tertiary/aromatic N) is 3. The monoisotopic (exact) mass is 331 g/mol. The molecule has 0 bridgehead atoms. The molecule has 0 spiro atoms. The van der Waals surface area contributed by atoms with E-state index < -0.39 is 0 Å². The van der Waals surface area contributed by atoms with Crippen molar-refractivity contribution in [2.24, 2.45) is 0 Å². The van der Waals surface area contributed by atoms with E-state index >= 15 is 0 Å². The van der Waals surface area contributed by atoms with Crippen LogP contribution in [0.15, 0.2) is 24.3 Å². The Labute approximate surface area is 145 Å². The normalized spacial score (nSPS) is 22.4. The highest BCUT2D eigenvalue weighted by molar-refractivity contribution is 5.74. The van der Waals surface area contributed by atoms with Gasteiger partial charge in [0, 0.05) is 39.3 Å². The van der Waals surface area contributed by atoms with Gasteiger partial charge in [0.2, 0.25) is 0 Å². The molecule has 0 N–H and O–H groups in total. The zero-order chi connectivity index (χ0) is 16.9. The van der Waals surface area contributed by atoms with Gasteiger partial charge in [-0.2, -0.15) is 0 Å². The number of rotatable bonds is 3. The molecular weight excluding hydrogens is 302 g/mol. The van der Waals surface area contributed by atoms with E-state index in [0.717, 1.165) is 32.5 Å². The topological polar surface area (TPSA) is 36.0 Å². The number of benzene rings is 1. The average molecular weight is 331 g/mol. The van der Waals surface area contributed by atoms with E-state index in [1.165, 1.54) is 11.1 Å². The summed E-state index contributed by atoms with van der Waals surface area (Å²) in [6.07, 6.45) is 2.24. The van der Waals surface area contributed by atoms with Gasteiger partial charge in [0.05, 0.1) is 13.2 Å². The summed E-state index contributed by atoms with van der Waals surface area (Å²) in [5, 5.41) is 0. The zero-order valence-corrected chi connectivity index (χ0v) is 14.9. The van der Waals surface area contributed by atoms with Crippen LogP contribution in [0.4, 0.5) is 4.79 Å². The fraction of sp³-hybridized carbons (Fsp3) is 0.632. The Hall–Kier alpha value is -1.59. The summed E-state index contributed by atoms with van der Waals surface area (Å²) in [5.41, 5.74) is 2.67. The number of morpholine rings is 1. The van der Waals surface area contributed by atoms with Crippen LogP contribution in [0.2, 0.25) is 0 Å². The van der Waals surface area contributed by atoms with Gasteiger partial charge in [-0.05, 0) is 31.9 Å². The lowest BCUT2D eigenvalue weighted by atomic mass is 10.0. The van der Waals surface area contributed by atoms with Crippen LogP contribution in [0.25, 0.3) is 0 Å². The third-order valence-corrected chi connectivity index (χ3v) is 5.10. The van der Waals surface area contributed by atoms with Gasteiger partial charge in [-0.15, -0.1) is 0 Å². The molecule has 2 aliphatic heterocycles. The second-order valence-corrected chi connectivity index (χ2v) is 7.01. The molecule has 1 aromatic rings. The fourth-order valence-electron chi connectivity index (χ4n) is 3.69. The summed E-state index contributed by atoms with van der Waals surface area (Å²) in [6.45, 7) is 7.92. The Kier molecular flexibility index (Phi) is 5.74. The fourth-order valence-corrected chi connectivity index (χ4v) is 3.69. The lowest BCUT2D eigenvalue weighted by Gasteiger charge is -2.40. The van der Waals surface area contributed by atoms with Gasteiger partial charge in [-0.1, -0.05) is 29.8 Å². The van der Waals surface area contributed by atoms with E-state index in [1.54, 1.807) is 0 Å². The SMILES string of the molecule is Cc1cccc(CN2CCCC(N(C)C(=O)N3CCOCC3)C2)c1. The minimum atomic E-state index is 0.153. The van der Waals surface area contributed by atoms with Crippen LogP contribution in [0.3, 0.4) is 0 Å². The van der Waals surface area contributed by atoms with Crippen LogP contribution >= 0.6 is 0 Å². The number of carbonyl (C=O) groups is 1. The predicted molar refractivity (Wildman–Crippen MR) is 95.0 cm³/mol. The maximum absolute atomic E-state index is 12.7. The predicted octanol–water partition coefficient (Wildman–Crippen LogP) is 2.34. The zero-order valence-electron chi connectivity index (χ0n) is 14.9. The lowest BCUT2D eigenvalue weighted by Crippen LogP contribution is -2.54. The Morgan fingerprint density at radius 2 is 2.08 bits per heavy atom. The van der Waals surface area contributed by atoms with E-state index in [4.69, 9.17) is 4.74 Å². The molecule has 0 saturated carbocycles. The standard InChI is InChI=1S/C19H29N3O2/c1-16-5-3-6-17(13-16)14-21-8-4-7-18(15-21)20(2)19(23)22-9-11-24-12-10-22/h3,5-6,13,18H,4,7-12,14-15H2,1-2H3. The van der Waals surface area contributed by atoms with Gasteiger partial charge in [-0.25, -0.2) is 4.79 Å². The second-order valence-electron chi connectivity index (χ2n) is 7.01. The number of hydrogen-bond donors (Lipinski definition) is 0. The van der Waals surface area contributed by atoms with Gasteiger partial charge in [0.25, 0.3) is 0 Å². The van der Waals surface area contributed by atoms with Gasteiger partial charge in [-0.3, -0.25) is 4.90 Å². The molecule has 3 rings (SSSR count). The van der Waals surface area contributed by atoms with Crippen LogP contribution < -0.4 is 0 Å². The van der Waals surface area contributed by atoms with Gasteiger partial charge in [0.15, 0.2) is 0 Å². The van der Waals surface area contributed by atoms with E-state index in [-0.39, 0.29) is 6.03 Å². The Morgan fingerprint density at radius 1 is 1.29 bits per heavy atom. The van der Waals surface area contributed by atoms with E-state index in [0.29, 0.717) is 32.3 Å². The van der Waals surface area contributed by atoms with E-state index in [2.05, 4.69) is 36.1 Å². The number of likely N-dealkylation sites (tertiary alicyclic amines) is 1. The molecule has 2 heterocycles. The van der Waals surface area contributed by atoms with Crippen LogP contribution in [-0.2, 0) is 11.3 Å². The molecule has 0 aromatic heterocycles. The van der Waals surface area contributed by atoms with E-state index in [1.807, 2.05) is 16.8 Å². The highest BCUT2D eigenvalue weighted by Crippen LogP contribution is 2.19. The number of carbonyl (C=O) groups excluding carboxylic acids is 1. The Balaban J connectivity index is 1.57. The molecule has 2 aliphatic rings. The summed E-state index contributed by atoms with van der Waals surface area (Å²) in [5.74, 6) is 0. The summed E-state index contributed by atoms with van der Waals surface area (Å²) >= 11 is 0. The minimum Gasteiger partial charge on any atom is -0.378 e. The first-order valence-corrected chi connectivity index (χ1v) is 9.01. The van der Waals surface area contributed by atoms with Crippen molar-refractivity contribution in [1.82, 2.24) is 14.7 Å². The maximum atomic E-state index is 12.7. The highest BCUT2D eigenvalue weighted by atomic mass is 16.5. The first-order chi connectivity index (χ1) is 11.6. The molecular formula is C19H29N3O2. The van der Waals surface area contributed by atoms with Crippen molar-refractivity contribution < 1.29 is 9.53 Å². The van der Waals surface area contributed by atoms with Gasteiger partial charge < -0.3 is 14.5 Å². The molecule has 2 fully saturated rings. The van der Waals surface area contributed by atoms with Crippen molar-refractivity contribution in [3.05, 3.63) is 35.4 Å². The highest BCUT2D eigenvalue weighted by Gasteiger charge is 2.29. The van der Waals surface area contributed by atoms with Crippen LogP contribution in [0.5, 0.6) is 0 Å². The van der Waals surface area contributed by atoms with Crippen molar-refractivity contribution in [1.29, 1.82) is 0 Å². The molecule has 5 heteroatoms. The number of urea groups is 1. The molecule has 2 saturated heterocycles. The maximum Gasteiger partial charge on any atom is 0.320 e. The second kappa shape index (κ2) is 7.99. The summed E-state index contributed by atoms with van der Waals surface area (Å²) < 4.78 is 5.35. The first-order valence-electron chi connectivity index (χ1n) is 9.01. The minimum absolute atomic E-state index is 0.153. The number of hydrogen-bond acceptors (Lipinski definition) is 3. The van der Waals surface area contributed by atoms with Gasteiger partial charge >= 0.3 is 6.03 Å². The first kappa shape index (κ1) is 17.2. The van der Waals surface area contributed by atoms with Crippen molar-refractivity contribution in [3.63, 3.8) is 0 Å².